The van der Waals surface area contributed by atoms with Crippen molar-refractivity contribution in [2.75, 3.05) is 13.3 Å². The molecule has 0 amide bonds. The zero-order chi connectivity index (χ0) is 6.69. The van der Waals surface area contributed by atoms with Crippen molar-refractivity contribution >= 4 is 17.2 Å². The monoisotopic (exact) mass is 158 g/mol. The summed E-state index contributed by atoms with van der Waals surface area (Å²) in [7, 11) is 2.00. The first kappa shape index (κ1) is 7.45. The molecule has 0 aliphatic heterocycles. The standard InChI is InChI=1S/C7H12P2/c1-8-6-3-4-7(5-6)9-2/h3,5,8-9H,4H2,1-2H3. The van der Waals surface area contributed by atoms with Gasteiger partial charge in [0, 0.05) is 0 Å². The van der Waals surface area contributed by atoms with Crippen LogP contribution < -0.4 is 0 Å². The Morgan fingerprint density at radius 3 is 2.44 bits per heavy atom. The van der Waals surface area contributed by atoms with E-state index < -0.39 is 0 Å². The van der Waals surface area contributed by atoms with Crippen LogP contribution in [-0.2, 0) is 0 Å². The van der Waals surface area contributed by atoms with Gasteiger partial charge < -0.3 is 0 Å². The molecule has 2 atom stereocenters. The summed E-state index contributed by atoms with van der Waals surface area (Å²) < 4.78 is 0. The van der Waals surface area contributed by atoms with E-state index in [2.05, 4.69) is 25.5 Å². The Kier molecular flexibility index (Phi) is 2.89. The van der Waals surface area contributed by atoms with Crippen LogP contribution in [0.15, 0.2) is 22.8 Å². The molecule has 2 unspecified atom stereocenters. The maximum absolute atomic E-state index is 2.36. The van der Waals surface area contributed by atoms with Gasteiger partial charge in [-0.3, -0.25) is 0 Å². The topological polar surface area (TPSA) is 0 Å². The second kappa shape index (κ2) is 3.49. The van der Waals surface area contributed by atoms with E-state index in [0.717, 1.165) is 17.2 Å². The summed E-state index contributed by atoms with van der Waals surface area (Å²) in [5.74, 6) is 0. The first-order chi connectivity index (χ1) is 4.36. The third-order valence-corrected chi connectivity index (χ3v) is 3.40. The lowest BCUT2D eigenvalue weighted by atomic mass is 10.5. The van der Waals surface area contributed by atoms with E-state index in [4.69, 9.17) is 0 Å². The van der Waals surface area contributed by atoms with Crippen LogP contribution in [0.4, 0.5) is 0 Å². The second-order valence-electron chi connectivity index (χ2n) is 2.03. The van der Waals surface area contributed by atoms with Gasteiger partial charge in [-0.05, 0) is 30.4 Å². The van der Waals surface area contributed by atoms with Gasteiger partial charge in [-0.25, -0.2) is 0 Å². The highest BCUT2D eigenvalue weighted by Crippen LogP contribution is 2.35. The summed E-state index contributed by atoms with van der Waals surface area (Å²) in [6.45, 7) is 4.49. The Hall–Kier alpha value is 0.340. The molecule has 0 radical (unpaired) electrons. The van der Waals surface area contributed by atoms with Crippen molar-refractivity contribution in [2.24, 2.45) is 0 Å². The van der Waals surface area contributed by atoms with Crippen molar-refractivity contribution in [3.8, 4) is 0 Å². The number of rotatable bonds is 2. The fourth-order valence-electron chi connectivity index (χ4n) is 0.874. The maximum Gasteiger partial charge on any atom is -0.00862 e. The van der Waals surface area contributed by atoms with Gasteiger partial charge in [0.2, 0.25) is 0 Å². The highest BCUT2D eigenvalue weighted by Gasteiger charge is 2.01. The van der Waals surface area contributed by atoms with Crippen LogP contribution in [0.2, 0.25) is 0 Å². The number of allylic oxidation sites excluding steroid dienone is 4. The van der Waals surface area contributed by atoms with Gasteiger partial charge in [0.05, 0.1) is 0 Å². The number of hydrogen-bond donors (Lipinski definition) is 0. The molecule has 0 aromatic heterocycles. The van der Waals surface area contributed by atoms with Crippen LogP contribution in [0.5, 0.6) is 0 Å². The quantitative estimate of drug-likeness (QED) is 0.542. The van der Waals surface area contributed by atoms with E-state index in [1.165, 1.54) is 6.42 Å². The highest BCUT2D eigenvalue weighted by molar-refractivity contribution is 7.44. The van der Waals surface area contributed by atoms with Gasteiger partial charge in [-0.2, -0.15) is 0 Å². The van der Waals surface area contributed by atoms with Crippen LogP contribution in [0, 0.1) is 0 Å². The minimum Gasteiger partial charge on any atom is -0.0977 e. The zero-order valence-corrected chi connectivity index (χ0v) is 7.86. The maximum atomic E-state index is 2.36. The molecule has 0 aromatic carbocycles. The van der Waals surface area contributed by atoms with Crippen LogP contribution >= 0.6 is 17.2 Å². The molecule has 0 spiro atoms. The van der Waals surface area contributed by atoms with Crippen molar-refractivity contribution < 1.29 is 0 Å². The normalized spacial score (nSPS) is 20.2. The molecule has 1 aliphatic rings. The zero-order valence-electron chi connectivity index (χ0n) is 5.86. The predicted octanol–water partition coefficient (Wildman–Crippen LogP) is 2.77. The molecule has 9 heavy (non-hydrogen) atoms. The van der Waals surface area contributed by atoms with Crippen LogP contribution in [0.1, 0.15) is 6.42 Å². The molecule has 0 saturated carbocycles. The second-order valence-corrected chi connectivity index (χ2v) is 4.25. The predicted molar refractivity (Wildman–Crippen MR) is 49.3 cm³/mol. The van der Waals surface area contributed by atoms with E-state index >= 15 is 0 Å². The molecule has 0 aromatic rings. The molecule has 0 bridgehead atoms. The van der Waals surface area contributed by atoms with E-state index in [1.54, 1.807) is 10.6 Å². The molecule has 1 rings (SSSR count). The largest absolute Gasteiger partial charge is 0.0977 e. The molecule has 0 N–H and O–H groups in total. The lowest BCUT2D eigenvalue weighted by Crippen LogP contribution is -1.59. The van der Waals surface area contributed by atoms with Crippen molar-refractivity contribution in [1.29, 1.82) is 0 Å². The number of hydrogen-bond acceptors (Lipinski definition) is 0. The molecule has 0 nitrogen and oxygen atoms in total. The van der Waals surface area contributed by atoms with Crippen molar-refractivity contribution in [2.45, 2.75) is 6.42 Å². The minimum atomic E-state index is 0.990. The van der Waals surface area contributed by atoms with Gasteiger partial charge >= 0.3 is 0 Å². The first-order valence-corrected chi connectivity index (χ1v) is 6.13. The van der Waals surface area contributed by atoms with Crippen LogP contribution in [0.3, 0.4) is 0 Å². The molecule has 0 heterocycles. The Bertz CT molecular complexity index is 156. The summed E-state index contributed by atoms with van der Waals surface area (Å²) in [4.78, 5) is 0. The van der Waals surface area contributed by atoms with E-state index in [-0.39, 0.29) is 0 Å². The van der Waals surface area contributed by atoms with Crippen molar-refractivity contribution in [1.82, 2.24) is 0 Å². The Morgan fingerprint density at radius 1 is 1.33 bits per heavy atom. The van der Waals surface area contributed by atoms with Crippen LogP contribution in [0.25, 0.3) is 0 Å². The fraction of sp³-hybridized carbons (Fsp3) is 0.429. The van der Waals surface area contributed by atoms with Gasteiger partial charge in [-0.15, -0.1) is 0 Å². The molecule has 0 fully saturated rings. The fourth-order valence-corrected chi connectivity index (χ4v) is 2.25. The lowest BCUT2D eigenvalue weighted by molar-refractivity contribution is 1.41. The van der Waals surface area contributed by atoms with Gasteiger partial charge in [0.25, 0.3) is 0 Å². The SMILES string of the molecule is CPC1=CCC(PC)=C1. The molecule has 2 heteroatoms. The third kappa shape index (κ3) is 1.88. The summed E-state index contributed by atoms with van der Waals surface area (Å²) in [6.07, 6.45) is 5.94. The Labute approximate surface area is 60.4 Å². The average molecular weight is 158 g/mol. The summed E-state index contributed by atoms with van der Waals surface area (Å²) in [6, 6.07) is 0. The lowest BCUT2D eigenvalue weighted by Gasteiger charge is -1.90. The molecular formula is C7H12P2. The van der Waals surface area contributed by atoms with Gasteiger partial charge in [-0.1, -0.05) is 29.3 Å². The molecular weight excluding hydrogens is 146 g/mol. The summed E-state index contributed by atoms with van der Waals surface area (Å²) >= 11 is 0. The first-order valence-electron chi connectivity index (χ1n) is 3.13. The highest BCUT2D eigenvalue weighted by atomic mass is 31.1. The summed E-state index contributed by atoms with van der Waals surface area (Å²) in [5.41, 5.74) is 0. The molecule has 1 aliphatic carbocycles. The molecule has 0 saturated heterocycles. The summed E-state index contributed by atoms with van der Waals surface area (Å²) in [5, 5.41) is 3.18. The van der Waals surface area contributed by atoms with E-state index in [9.17, 15) is 0 Å². The van der Waals surface area contributed by atoms with Crippen LogP contribution in [-0.4, -0.2) is 13.3 Å². The van der Waals surface area contributed by atoms with Crippen molar-refractivity contribution in [3.05, 3.63) is 22.8 Å². The smallest absolute Gasteiger partial charge is 0.00862 e. The molecule has 50 valence electrons. The van der Waals surface area contributed by atoms with Crippen molar-refractivity contribution in [3.63, 3.8) is 0 Å². The Morgan fingerprint density at radius 2 is 2.11 bits per heavy atom. The van der Waals surface area contributed by atoms with Gasteiger partial charge in [0.1, 0.15) is 0 Å². The van der Waals surface area contributed by atoms with E-state index in [0.29, 0.717) is 0 Å². The Balaban J connectivity index is 2.52. The minimum absolute atomic E-state index is 0.990. The third-order valence-electron chi connectivity index (χ3n) is 1.48. The van der Waals surface area contributed by atoms with Gasteiger partial charge in [0.15, 0.2) is 0 Å². The van der Waals surface area contributed by atoms with E-state index in [1.807, 2.05) is 0 Å². The average Bonchev–Trinajstić information content (AvgIpc) is 2.34.